The molecule has 24 heavy (non-hydrogen) atoms. The lowest BCUT2D eigenvalue weighted by molar-refractivity contribution is -0.135. The van der Waals surface area contributed by atoms with Crippen molar-refractivity contribution >= 4 is 11.8 Å². The van der Waals surface area contributed by atoms with E-state index in [2.05, 4.69) is 5.32 Å². The maximum Gasteiger partial charge on any atom is 0.253 e. The van der Waals surface area contributed by atoms with Gasteiger partial charge in [-0.15, -0.1) is 0 Å². The molecule has 5 nitrogen and oxygen atoms in total. The molecule has 2 aliphatic heterocycles. The summed E-state index contributed by atoms with van der Waals surface area (Å²) in [5.41, 5.74) is 1.02. The third-order valence-corrected chi connectivity index (χ3v) is 5.99. The zero-order chi connectivity index (χ0) is 16.6. The van der Waals surface area contributed by atoms with Crippen LogP contribution in [0.25, 0.3) is 0 Å². The summed E-state index contributed by atoms with van der Waals surface area (Å²) in [6, 6.07) is 9.40. The number of benzene rings is 1. The van der Waals surface area contributed by atoms with E-state index in [1.807, 2.05) is 40.1 Å². The summed E-state index contributed by atoms with van der Waals surface area (Å²) in [6.07, 6.45) is 3.34. The number of carbonyl (C=O) groups is 2. The average Bonchev–Trinajstić information content (AvgIpc) is 3.34. The fourth-order valence-corrected chi connectivity index (χ4v) is 4.29. The highest BCUT2D eigenvalue weighted by atomic mass is 16.2. The fraction of sp³-hybridized carbons (Fsp3) is 0.579. The summed E-state index contributed by atoms with van der Waals surface area (Å²) < 4.78 is 0. The first-order chi connectivity index (χ1) is 11.7. The molecule has 1 unspecified atom stereocenters. The van der Waals surface area contributed by atoms with Gasteiger partial charge in [0, 0.05) is 37.7 Å². The minimum absolute atomic E-state index is 0.0731. The lowest BCUT2D eigenvalue weighted by Gasteiger charge is -2.35. The largest absolute Gasteiger partial charge is 0.339 e. The summed E-state index contributed by atoms with van der Waals surface area (Å²) in [5.74, 6) is 0.628. The monoisotopic (exact) mass is 327 g/mol. The van der Waals surface area contributed by atoms with Crippen LogP contribution in [0, 0.1) is 11.3 Å². The zero-order valence-corrected chi connectivity index (χ0v) is 14.0. The molecule has 128 valence electrons. The van der Waals surface area contributed by atoms with Gasteiger partial charge in [0.1, 0.15) is 0 Å². The van der Waals surface area contributed by atoms with Gasteiger partial charge in [-0.1, -0.05) is 18.2 Å². The van der Waals surface area contributed by atoms with Crippen LogP contribution in [0.5, 0.6) is 0 Å². The number of hydrogen-bond acceptors (Lipinski definition) is 3. The van der Waals surface area contributed by atoms with Crippen molar-refractivity contribution < 1.29 is 9.59 Å². The second-order valence-corrected chi connectivity index (χ2v) is 7.35. The lowest BCUT2D eigenvalue weighted by atomic mass is 9.91. The molecule has 3 fully saturated rings. The Labute approximate surface area is 143 Å². The minimum atomic E-state index is 0.0731. The first-order valence-electron chi connectivity index (χ1n) is 9.03. The number of piperidine rings is 1. The van der Waals surface area contributed by atoms with Crippen LogP contribution in [0.3, 0.4) is 0 Å². The van der Waals surface area contributed by atoms with E-state index in [1.54, 1.807) is 0 Å². The van der Waals surface area contributed by atoms with Crippen molar-refractivity contribution in [2.24, 2.45) is 11.3 Å². The van der Waals surface area contributed by atoms with Gasteiger partial charge < -0.3 is 15.1 Å². The van der Waals surface area contributed by atoms with E-state index in [4.69, 9.17) is 0 Å². The molecule has 1 saturated carbocycles. The van der Waals surface area contributed by atoms with Crippen molar-refractivity contribution in [3.8, 4) is 0 Å². The maximum atomic E-state index is 12.8. The number of nitrogens with zero attached hydrogens (tertiary/aromatic N) is 2. The predicted octanol–water partition coefficient (Wildman–Crippen LogP) is 1.36. The standard InChI is InChI=1S/C19H25N3O2/c23-17(15-4-2-1-3-5-15)21-10-12-22(13-11-21)18(24)16-14-19(16)6-8-20-9-7-19/h1-5,16,20H,6-14H2. The molecular weight excluding hydrogens is 302 g/mol. The highest BCUT2D eigenvalue weighted by molar-refractivity contribution is 5.94. The van der Waals surface area contributed by atoms with Crippen LogP contribution in [0.4, 0.5) is 0 Å². The smallest absolute Gasteiger partial charge is 0.253 e. The third-order valence-electron chi connectivity index (χ3n) is 5.99. The first-order valence-corrected chi connectivity index (χ1v) is 9.03. The Bertz CT molecular complexity index is 617. The quantitative estimate of drug-likeness (QED) is 0.892. The van der Waals surface area contributed by atoms with Gasteiger partial charge in [-0.3, -0.25) is 9.59 Å². The Hall–Kier alpha value is -1.88. The predicted molar refractivity (Wildman–Crippen MR) is 91.6 cm³/mol. The van der Waals surface area contributed by atoms with Crippen molar-refractivity contribution in [3.05, 3.63) is 35.9 Å². The molecular formula is C19H25N3O2. The van der Waals surface area contributed by atoms with Gasteiger partial charge in [0.2, 0.25) is 5.91 Å². The number of carbonyl (C=O) groups excluding carboxylic acids is 2. The molecule has 2 heterocycles. The van der Waals surface area contributed by atoms with Crippen molar-refractivity contribution in [2.75, 3.05) is 39.3 Å². The van der Waals surface area contributed by atoms with Gasteiger partial charge >= 0.3 is 0 Å². The van der Waals surface area contributed by atoms with E-state index in [1.165, 1.54) is 0 Å². The Balaban J connectivity index is 1.32. The summed E-state index contributed by atoms with van der Waals surface area (Å²) >= 11 is 0. The van der Waals surface area contributed by atoms with Crippen LogP contribution in [0.15, 0.2) is 30.3 Å². The molecule has 3 aliphatic rings. The van der Waals surface area contributed by atoms with Crippen LogP contribution in [-0.4, -0.2) is 60.9 Å². The van der Waals surface area contributed by atoms with Crippen LogP contribution < -0.4 is 5.32 Å². The molecule has 0 aromatic heterocycles. The summed E-state index contributed by atoms with van der Waals surface area (Å²) in [6.45, 7) is 4.71. The van der Waals surface area contributed by atoms with E-state index in [0.717, 1.165) is 37.9 Å². The number of hydrogen-bond donors (Lipinski definition) is 1. The number of rotatable bonds is 2. The SMILES string of the molecule is O=C(c1ccccc1)N1CCN(C(=O)C2CC23CCNCC3)CC1. The molecule has 1 aromatic rings. The van der Waals surface area contributed by atoms with Crippen molar-refractivity contribution in [3.63, 3.8) is 0 Å². The van der Waals surface area contributed by atoms with Gasteiger partial charge in [-0.25, -0.2) is 0 Å². The van der Waals surface area contributed by atoms with E-state index >= 15 is 0 Å². The summed E-state index contributed by atoms with van der Waals surface area (Å²) in [7, 11) is 0. The third kappa shape index (κ3) is 2.81. The van der Waals surface area contributed by atoms with Gasteiger partial charge in [0.15, 0.2) is 0 Å². The summed E-state index contributed by atoms with van der Waals surface area (Å²) in [5, 5.41) is 3.38. The molecule has 2 amide bonds. The van der Waals surface area contributed by atoms with Crippen molar-refractivity contribution in [1.82, 2.24) is 15.1 Å². The molecule has 5 heteroatoms. The Morgan fingerprint density at radius 2 is 1.58 bits per heavy atom. The number of piperazine rings is 1. The molecule has 4 rings (SSSR count). The van der Waals surface area contributed by atoms with E-state index in [0.29, 0.717) is 37.5 Å². The molecule has 1 N–H and O–H groups in total. The Kier molecular flexibility index (Phi) is 4.04. The van der Waals surface area contributed by atoms with Crippen molar-refractivity contribution in [2.45, 2.75) is 19.3 Å². The second kappa shape index (κ2) is 6.20. The topological polar surface area (TPSA) is 52.7 Å². The van der Waals surface area contributed by atoms with Crippen LogP contribution >= 0.6 is 0 Å². The first kappa shape index (κ1) is 15.6. The average molecular weight is 327 g/mol. The highest BCUT2D eigenvalue weighted by Gasteiger charge is 2.58. The molecule has 1 aliphatic carbocycles. The van der Waals surface area contributed by atoms with Gasteiger partial charge in [-0.05, 0) is 49.9 Å². The fourth-order valence-electron chi connectivity index (χ4n) is 4.29. The molecule has 0 bridgehead atoms. The minimum Gasteiger partial charge on any atom is -0.339 e. The molecule has 0 radical (unpaired) electrons. The van der Waals surface area contributed by atoms with Gasteiger partial charge in [0.25, 0.3) is 5.91 Å². The molecule has 1 aromatic carbocycles. The van der Waals surface area contributed by atoms with E-state index < -0.39 is 0 Å². The highest BCUT2D eigenvalue weighted by Crippen LogP contribution is 2.59. The van der Waals surface area contributed by atoms with Crippen LogP contribution in [0.2, 0.25) is 0 Å². The molecule has 1 atom stereocenters. The normalized spacial score (nSPS) is 25.6. The second-order valence-electron chi connectivity index (χ2n) is 7.35. The lowest BCUT2D eigenvalue weighted by Crippen LogP contribution is -2.51. The van der Waals surface area contributed by atoms with Gasteiger partial charge in [-0.2, -0.15) is 0 Å². The Morgan fingerprint density at radius 3 is 2.25 bits per heavy atom. The van der Waals surface area contributed by atoms with Crippen LogP contribution in [-0.2, 0) is 4.79 Å². The zero-order valence-electron chi connectivity index (χ0n) is 14.0. The van der Waals surface area contributed by atoms with Crippen LogP contribution in [0.1, 0.15) is 29.6 Å². The van der Waals surface area contributed by atoms with E-state index in [-0.39, 0.29) is 11.8 Å². The maximum absolute atomic E-state index is 12.8. The summed E-state index contributed by atoms with van der Waals surface area (Å²) in [4.78, 5) is 29.1. The Morgan fingerprint density at radius 1 is 0.958 bits per heavy atom. The van der Waals surface area contributed by atoms with E-state index in [9.17, 15) is 9.59 Å². The number of nitrogens with one attached hydrogen (secondary N) is 1. The molecule has 1 spiro atoms. The molecule has 2 saturated heterocycles. The number of amides is 2. The van der Waals surface area contributed by atoms with Gasteiger partial charge in [0.05, 0.1) is 0 Å². The van der Waals surface area contributed by atoms with Crippen molar-refractivity contribution in [1.29, 1.82) is 0 Å².